The molecule has 0 radical (unpaired) electrons. The monoisotopic (exact) mass is 1830 g/mol. The molecule has 4 aliphatic rings. The molecule has 1 unspecified atom stereocenters. The van der Waals surface area contributed by atoms with Gasteiger partial charge in [0.1, 0.15) is 73.4 Å². The number of hydrogen-bond donors (Lipinski definition) is 15. The summed E-state index contributed by atoms with van der Waals surface area (Å²) in [5.41, 5.74) is 4.03. The molecule has 39 heteroatoms. The second-order valence-electron chi connectivity index (χ2n) is 34.3. The lowest BCUT2D eigenvalue weighted by molar-refractivity contribution is -0.294. The number of fused-ring (bicyclic) bond motifs is 2. The van der Waals surface area contributed by atoms with E-state index in [1.54, 1.807) is 114 Å². The Kier molecular flexibility index (Phi) is 40.1. The number of carbonyl (C=O) groups excluding carboxylic acids is 11. The summed E-state index contributed by atoms with van der Waals surface area (Å²) in [4.78, 5) is 185. The van der Waals surface area contributed by atoms with Crippen LogP contribution in [0.25, 0.3) is 0 Å². The van der Waals surface area contributed by atoms with Gasteiger partial charge in [-0.2, -0.15) is 0 Å². The van der Waals surface area contributed by atoms with Crippen LogP contribution in [-0.2, 0) is 110 Å². The van der Waals surface area contributed by atoms with E-state index in [9.17, 15) is 98.4 Å². The minimum atomic E-state index is -2.09. The van der Waals surface area contributed by atoms with Crippen molar-refractivity contribution in [1.82, 2.24) is 46.6 Å². The second-order valence-corrected chi connectivity index (χ2v) is 34.3. The third kappa shape index (κ3) is 28.5. The molecule has 4 aliphatic heterocycles. The summed E-state index contributed by atoms with van der Waals surface area (Å²) in [5.74, 6) is -6.07. The van der Waals surface area contributed by atoms with Crippen molar-refractivity contribution in [3.63, 3.8) is 0 Å². The van der Waals surface area contributed by atoms with E-state index < -0.39 is 211 Å². The van der Waals surface area contributed by atoms with Crippen molar-refractivity contribution in [2.24, 2.45) is 29.6 Å². The smallest absolute Gasteiger partial charge is 0.410 e. The van der Waals surface area contributed by atoms with Crippen molar-refractivity contribution in [3.05, 3.63) is 131 Å². The number of benzene rings is 4. The van der Waals surface area contributed by atoms with Crippen molar-refractivity contribution in [2.75, 3.05) is 71.4 Å². The molecule has 0 aliphatic carbocycles. The van der Waals surface area contributed by atoms with Crippen LogP contribution in [0.2, 0.25) is 0 Å². The SMILES string of the molecule is CC[C@H](C)[C@@H]([C@@H](CC(=O)N1CCC[C@H]1[C@H](OC)[C@@H](C)C(=O)NC(Cc1ccccc1)C(=O)NCCCO[C@@H]1O[C@H](C(=O)O)[C@@H](O)[C@H](O)[C@H]1O)OC)N(C)C(=O)[C@@H](NC(=O)[C@H](C(C)C)N(C)C(=O)OCc1ccc(NC(=O)[C@H](CO[C@@H]2O[C@H](C(=O)O)[C@@H](O)[C@H](O)[C@H]2O)NC(=O)[C@@H](NC(=O)CCNC(=O)CCC(=O)N2Cc3ccccc3C#Cc3ccccc32)C(C)C)cc1)C(C)C. The highest BCUT2D eigenvalue weighted by Crippen LogP contribution is 2.33. The Balaban J connectivity index is 0.850. The number of aliphatic hydroxyl groups is 6. The Bertz CT molecular complexity index is 4630. The molecule has 8 rings (SSSR count). The molecule has 718 valence electrons. The average molecular weight is 1840 g/mol. The molecule has 4 aromatic rings. The van der Waals surface area contributed by atoms with Gasteiger partial charge >= 0.3 is 18.0 Å². The van der Waals surface area contributed by atoms with Crippen LogP contribution in [0.15, 0.2) is 103 Å². The molecule has 39 nitrogen and oxygen atoms in total. The Hall–Kier alpha value is -11.1. The number of likely N-dealkylation sites (tertiary alicyclic amines) is 1. The van der Waals surface area contributed by atoms with Gasteiger partial charge in [0.25, 0.3) is 0 Å². The van der Waals surface area contributed by atoms with Gasteiger partial charge in [-0.3, -0.25) is 52.8 Å². The quantitative estimate of drug-likeness (QED) is 0.0218. The highest BCUT2D eigenvalue weighted by atomic mass is 16.7. The van der Waals surface area contributed by atoms with Gasteiger partial charge in [-0.1, -0.05) is 153 Å². The lowest BCUT2D eigenvalue weighted by Crippen LogP contribution is -2.61. The summed E-state index contributed by atoms with van der Waals surface area (Å²) in [5, 5.41) is 100. The molecule has 11 amide bonds. The molecule has 21 atom stereocenters. The molecule has 0 saturated carbocycles. The zero-order valence-corrected chi connectivity index (χ0v) is 76.0. The Morgan fingerprint density at radius 2 is 1.15 bits per heavy atom. The predicted octanol–water partition coefficient (Wildman–Crippen LogP) is 1.19. The summed E-state index contributed by atoms with van der Waals surface area (Å²) in [6, 6.07) is 21.4. The van der Waals surface area contributed by atoms with Gasteiger partial charge in [0.2, 0.25) is 59.1 Å². The number of carboxylic acid groups (broad SMARTS) is 2. The average Bonchev–Trinajstić information content (AvgIpc) is 1.77. The number of ether oxygens (including phenoxy) is 7. The highest BCUT2D eigenvalue weighted by molar-refractivity contribution is 6.00. The number of carbonyl (C=O) groups is 13. The first kappa shape index (κ1) is 105. The summed E-state index contributed by atoms with van der Waals surface area (Å²) < 4.78 is 39.5. The number of aliphatic hydroxyl groups excluding tert-OH is 6. The molecular formula is C92H127N11O28. The number of para-hydroxylation sites is 1. The third-order valence-corrected chi connectivity index (χ3v) is 23.9. The van der Waals surface area contributed by atoms with Crippen LogP contribution in [0, 0.1) is 41.4 Å². The van der Waals surface area contributed by atoms with Gasteiger partial charge in [0.15, 0.2) is 24.8 Å². The fraction of sp³-hybridized carbons (Fsp3) is 0.576. The van der Waals surface area contributed by atoms with E-state index in [4.69, 9.17) is 33.2 Å². The van der Waals surface area contributed by atoms with E-state index in [1.165, 1.54) is 50.4 Å². The van der Waals surface area contributed by atoms with Crippen molar-refractivity contribution in [2.45, 2.75) is 249 Å². The van der Waals surface area contributed by atoms with Crippen molar-refractivity contribution in [3.8, 4) is 11.8 Å². The van der Waals surface area contributed by atoms with Crippen LogP contribution >= 0.6 is 0 Å². The maximum Gasteiger partial charge on any atom is 0.410 e. The Morgan fingerprint density at radius 1 is 0.557 bits per heavy atom. The van der Waals surface area contributed by atoms with E-state index in [2.05, 4.69) is 49.1 Å². The first-order chi connectivity index (χ1) is 62.2. The van der Waals surface area contributed by atoms with Crippen molar-refractivity contribution in [1.29, 1.82) is 0 Å². The van der Waals surface area contributed by atoms with Crippen LogP contribution < -0.4 is 42.1 Å². The van der Waals surface area contributed by atoms with Gasteiger partial charge < -0.3 is 126 Å². The summed E-state index contributed by atoms with van der Waals surface area (Å²) >= 11 is 0. The number of likely N-dealkylation sites (N-methyl/N-ethyl adjacent to an activating group) is 2. The summed E-state index contributed by atoms with van der Waals surface area (Å²) in [6.45, 7) is 14.4. The standard InChI is InChI=1S/C92H127N11O28/c1-14-52(8)72(64(125-12)45-68(107)102-42-22-30-63(102)79(126-13)53(9)82(114)96-60(44-54-24-16-15-17-25-54)83(115)94-40-23-43-127-90-77(112)73(108)75(110)80(130-90)88(120)121)100(10)87(119)70(50(4)5)99-86(118)71(51(6)7)101(11)92(124)129-47-55-31-35-59(36-32-55)95-84(116)61(48-128-91-78(113)74(109)76(111)81(131-91)89(122)123)97-85(117)69(49(2)3)98-66(105)39-41-93-65(104)37-38-67(106)103-46-58-28-19-18-26-56(58)33-34-57-27-20-21-29-62(57)103/h15-21,24-29,31-32,35-36,49-53,60-61,63-64,69-81,90-91,108-113H,14,22-23,30,37-48H2,1-13H3,(H,93,104)(H,94,115)(H,95,116)(H,96,114)(H,97,117)(H,98,105)(H,99,118)(H,120,121)(H,122,123)/t52-,53+,60?,61-,63-,64+,69-,70-,71-,72-,73-,74-,75-,76-,77+,78+,79+,80-,81-,90+,91+/m0/s1. The van der Waals surface area contributed by atoms with E-state index in [1.807, 2.05) is 44.2 Å². The van der Waals surface area contributed by atoms with Crippen LogP contribution in [0.5, 0.6) is 0 Å². The van der Waals surface area contributed by atoms with Crippen LogP contribution in [0.1, 0.15) is 141 Å². The number of carboxylic acids is 2. The highest BCUT2D eigenvalue weighted by Gasteiger charge is 2.51. The lowest BCUT2D eigenvalue weighted by Gasteiger charge is -2.41. The number of methoxy groups -OCH3 is 2. The minimum Gasteiger partial charge on any atom is -0.479 e. The number of aliphatic carboxylic acids is 2. The van der Waals surface area contributed by atoms with Gasteiger partial charge in [-0.15, -0.1) is 0 Å². The Labute approximate surface area is 761 Å². The number of rotatable bonds is 45. The van der Waals surface area contributed by atoms with E-state index in [0.717, 1.165) is 21.6 Å². The molecule has 131 heavy (non-hydrogen) atoms. The van der Waals surface area contributed by atoms with Crippen LogP contribution in [-0.4, -0.2) is 310 Å². The number of amides is 11. The maximum absolute atomic E-state index is 15.1. The van der Waals surface area contributed by atoms with Crippen LogP contribution in [0.4, 0.5) is 16.2 Å². The summed E-state index contributed by atoms with van der Waals surface area (Å²) in [7, 11) is 5.79. The topological polar surface area (TPSA) is 546 Å². The first-order valence-corrected chi connectivity index (χ1v) is 44.0. The minimum absolute atomic E-state index is 0.00905. The third-order valence-electron chi connectivity index (χ3n) is 23.9. The molecule has 15 N–H and O–H groups in total. The molecule has 0 aromatic heterocycles. The molecule has 4 aromatic carbocycles. The lowest BCUT2D eigenvalue weighted by atomic mass is 9.89. The molecule has 3 saturated heterocycles. The Morgan fingerprint density at radius 3 is 1.76 bits per heavy atom. The van der Waals surface area contributed by atoms with Crippen LogP contribution in [0.3, 0.4) is 0 Å². The normalized spacial score (nSPS) is 22.3. The van der Waals surface area contributed by atoms with Gasteiger partial charge in [-0.05, 0) is 90.0 Å². The van der Waals surface area contributed by atoms with Gasteiger partial charge in [0, 0.05) is 90.4 Å². The molecular weight excluding hydrogens is 1710 g/mol. The fourth-order valence-electron chi connectivity index (χ4n) is 16.2. The number of nitrogens with one attached hydrogen (secondary N) is 7. The number of hydrogen-bond acceptors (Lipinski definition) is 26. The van der Waals surface area contributed by atoms with Crippen molar-refractivity contribution >= 4 is 88.5 Å². The van der Waals surface area contributed by atoms with E-state index >= 15 is 4.79 Å². The second kappa shape index (κ2) is 49.9. The zero-order valence-electron chi connectivity index (χ0n) is 76.0. The van der Waals surface area contributed by atoms with Crippen molar-refractivity contribution < 1.29 is 136 Å². The molecule has 3 fully saturated rings. The van der Waals surface area contributed by atoms with Gasteiger partial charge in [0.05, 0.1) is 62.1 Å². The predicted molar refractivity (Wildman–Crippen MR) is 470 cm³/mol. The molecule has 0 bridgehead atoms. The zero-order chi connectivity index (χ0) is 96.4. The number of nitrogens with zero attached hydrogens (tertiary/aromatic N) is 4. The summed E-state index contributed by atoms with van der Waals surface area (Å²) in [6.07, 6.45) is -21.3. The first-order valence-electron chi connectivity index (χ1n) is 44.0. The number of anilines is 2. The molecule has 4 heterocycles. The largest absolute Gasteiger partial charge is 0.479 e. The van der Waals surface area contributed by atoms with E-state index in [0.29, 0.717) is 42.6 Å². The maximum atomic E-state index is 15.1. The molecule has 0 spiro atoms. The fourth-order valence-corrected chi connectivity index (χ4v) is 16.2. The van der Waals surface area contributed by atoms with E-state index in [-0.39, 0.29) is 94.8 Å². The van der Waals surface area contributed by atoms with Gasteiger partial charge in [-0.25, -0.2) is 14.4 Å².